The number of rotatable bonds is 5. The van der Waals surface area contributed by atoms with Crippen molar-refractivity contribution in [2.75, 3.05) is 18.4 Å². The van der Waals surface area contributed by atoms with E-state index >= 15 is 0 Å². The molecule has 1 atom stereocenters. The number of likely N-dealkylation sites (tertiary alicyclic amines) is 1. The number of fused-ring (bicyclic) bond motifs is 1. The smallest absolute Gasteiger partial charge is 0.253 e. The van der Waals surface area contributed by atoms with Gasteiger partial charge in [-0.15, -0.1) is 0 Å². The van der Waals surface area contributed by atoms with Crippen LogP contribution in [-0.2, 0) is 4.79 Å². The van der Waals surface area contributed by atoms with E-state index < -0.39 is 0 Å². The number of carbonyl (C=O) groups is 2. The Balaban J connectivity index is 1.20. The molecule has 6 heteroatoms. The average molecular weight is 468 g/mol. The van der Waals surface area contributed by atoms with Gasteiger partial charge in [0.15, 0.2) is 5.58 Å². The molecular weight excluding hydrogens is 438 g/mol. The maximum Gasteiger partial charge on any atom is 0.253 e. The van der Waals surface area contributed by atoms with Gasteiger partial charge in [-0.2, -0.15) is 0 Å². The molecule has 1 aliphatic heterocycles. The lowest BCUT2D eigenvalue weighted by atomic mass is 9.84. The number of nitrogens with zero attached hydrogens (tertiary/aromatic N) is 2. The van der Waals surface area contributed by atoms with E-state index in [0.717, 1.165) is 29.7 Å². The third-order valence-electron chi connectivity index (χ3n) is 6.92. The van der Waals surface area contributed by atoms with Crippen molar-refractivity contribution < 1.29 is 14.0 Å². The van der Waals surface area contributed by atoms with Gasteiger partial charge in [0.25, 0.3) is 5.91 Å². The van der Waals surface area contributed by atoms with Crippen LogP contribution >= 0.6 is 0 Å². The summed E-state index contributed by atoms with van der Waals surface area (Å²) in [4.78, 5) is 32.4. The number of hydrogen-bond acceptors (Lipinski definition) is 4. The SMILES string of the molecule is Cc1ccc(NC(=O)[C@H](C)C2CCN(C(=O)c3ccc4oc(-c5ccccc5)nc4c3)CC2)cc1. The van der Waals surface area contributed by atoms with Crippen molar-refractivity contribution in [2.24, 2.45) is 11.8 Å². The van der Waals surface area contributed by atoms with E-state index in [1.54, 1.807) is 12.1 Å². The second-order valence-electron chi connectivity index (χ2n) is 9.34. The maximum absolute atomic E-state index is 13.2. The molecule has 2 amide bonds. The zero-order valence-electron chi connectivity index (χ0n) is 20.0. The Hall–Kier alpha value is -3.93. The summed E-state index contributed by atoms with van der Waals surface area (Å²) in [5.41, 5.74) is 4.82. The molecule has 1 saturated heterocycles. The highest BCUT2D eigenvalue weighted by Crippen LogP contribution is 2.29. The van der Waals surface area contributed by atoms with Gasteiger partial charge in [-0.3, -0.25) is 9.59 Å². The molecule has 3 aromatic carbocycles. The van der Waals surface area contributed by atoms with Crippen molar-refractivity contribution in [1.82, 2.24) is 9.88 Å². The predicted molar refractivity (Wildman–Crippen MR) is 137 cm³/mol. The second-order valence-corrected chi connectivity index (χ2v) is 9.34. The summed E-state index contributed by atoms with van der Waals surface area (Å²) in [6, 6.07) is 23.0. The summed E-state index contributed by atoms with van der Waals surface area (Å²) >= 11 is 0. The maximum atomic E-state index is 13.2. The quantitative estimate of drug-likeness (QED) is 0.395. The van der Waals surface area contributed by atoms with Crippen LogP contribution < -0.4 is 5.32 Å². The van der Waals surface area contributed by atoms with Crippen LogP contribution in [0.3, 0.4) is 0 Å². The highest BCUT2D eigenvalue weighted by molar-refractivity contribution is 5.97. The van der Waals surface area contributed by atoms with E-state index in [9.17, 15) is 9.59 Å². The molecule has 0 unspecified atom stereocenters. The van der Waals surface area contributed by atoms with Crippen LogP contribution in [0.25, 0.3) is 22.6 Å². The van der Waals surface area contributed by atoms with Gasteiger partial charge in [0, 0.05) is 35.8 Å². The van der Waals surface area contributed by atoms with Crippen LogP contribution in [0.2, 0.25) is 0 Å². The van der Waals surface area contributed by atoms with Gasteiger partial charge in [0.1, 0.15) is 5.52 Å². The lowest BCUT2D eigenvalue weighted by molar-refractivity contribution is -0.121. The normalized spacial score (nSPS) is 15.2. The Morgan fingerprint density at radius 3 is 2.43 bits per heavy atom. The summed E-state index contributed by atoms with van der Waals surface area (Å²) in [5, 5.41) is 3.02. The Morgan fingerprint density at radius 1 is 1.00 bits per heavy atom. The van der Waals surface area contributed by atoms with Crippen LogP contribution in [0, 0.1) is 18.8 Å². The largest absolute Gasteiger partial charge is 0.436 e. The van der Waals surface area contributed by atoms with Gasteiger partial charge < -0.3 is 14.6 Å². The fourth-order valence-corrected chi connectivity index (χ4v) is 4.66. The highest BCUT2D eigenvalue weighted by Gasteiger charge is 2.30. The zero-order chi connectivity index (χ0) is 24.4. The van der Waals surface area contributed by atoms with Crippen molar-refractivity contribution in [1.29, 1.82) is 0 Å². The summed E-state index contributed by atoms with van der Waals surface area (Å²) < 4.78 is 5.87. The first-order valence-electron chi connectivity index (χ1n) is 12.1. The Kier molecular flexibility index (Phi) is 6.36. The van der Waals surface area contributed by atoms with E-state index in [-0.39, 0.29) is 23.7 Å². The first-order chi connectivity index (χ1) is 17.0. The van der Waals surface area contributed by atoms with E-state index in [4.69, 9.17) is 4.42 Å². The molecule has 0 aliphatic carbocycles. The number of hydrogen-bond donors (Lipinski definition) is 1. The summed E-state index contributed by atoms with van der Waals surface area (Å²) in [5.74, 6) is 0.701. The van der Waals surface area contributed by atoms with Gasteiger partial charge in [0.05, 0.1) is 0 Å². The molecule has 1 aliphatic rings. The number of oxazole rings is 1. The fourth-order valence-electron chi connectivity index (χ4n) is 4.66. The van der Waals surface area contributed by atoms with E-state index in [1.165, 1.54) is 0 Å². The Morgan fingerprint density at radius 2 is 1.71 bits per heavy atom. The molecule has 1 fully saturated rings. The molecule has 0 bridgehead atoms. The zero-order valence-corrected chi connectivity index (χ0v) is 20.0. The minimum Gasteiger partial charge on any atom is -0.436 e. The van der Waals surface area contributed by atoms with Crippen molar-refractivity contribution >= 4 is 28.6 Å². The van der Waals surface area contributed by atoms with Crippen LogP contribution in [0.15, 0.2) is 77.2 Å². The van der Waals surface area contributed by atoms with Crippen molar-refractivity contribution in [3.8, 4) is 11.5 Å². The fraction of sp³-hybridized carbons (Fsp3) is 0.276. The van der Waals surface area contributed by atoms with Gasteiger partial charge in [-0.05, 0) is 68.1 Å². The molecule has 0 radical (unpaired) electrons. The van der Waals surface area contributed by atoms with Crippen LogP contribution in [0.4, 0.5) is 5.69 Å². The van der Waals surface area contributed by atoms with E-state index in [2.05, 4.69) is 10.3 Å². The molecular formula is C29H29N3O3. The molecule has 2 heterocycles. The number of nitrogens with one attached hydrogen (secondary N) is 1. The van der Waals surface area contributed by atoms with Crippen LogP contribution in [0.1, 0.15) is 35.7 Å². The third kappa shape index (κ3) is 4.97. The van der Waals surface area contributed by atoms with Crippen molar-refractivity contribution in [2.45, 2.75) is 26.7 Å². The minimum absolute atomic E-state index is 0.00799. The number of amides is 2. The molecule has 4 aromatic rings. The molecule has 6 nitrogen and oxygen atoms in total. The van der Waals surface area contributed by atoms with E-state index in [0.29, 0.717) is 35.6 Å². The number of benzene rings is 3. The van der Waals surface area contributed by atoms with Gasteiger partial charge in [-0.1, -0.05) is 42.8 Å². The molecule has 0 spiro atoms. The number of anilines is 1. The number of carbonyl (C=O) groups excluding carboxylic acids is 2. The Bertz CT molecular complexity index is 1340. The van der Waals surface area contributed by atoms with Crippen LogP contribution in [-0.4, -0.2) is 34.8 Å². The lowest BCUT2D eigenvalue weighted by Gasteiger charge is -2.34. The summed E-state index contributed by atoms with van der Waals surface area (Å²) in [7, 11) is 0. The minimum atomic E-state index is -0.114. The number of piperidine rings is 1. The summed E-state index contributed by atoms with van der Waals surface area (Å²) in [6.07, 6.45) is 1.61. The van der Waals surface area contributed by atoms with Crippen molar-refractivity contribution in [3.63, 3.8) is 0 Å². The first-order valence-corrected chi connectivity index (χ1v) is 12.1. The monoisotopic (exact) mass is 467 g/mol. The van der Waals surface area contributed by atoms with Gasteiger partial charge in [-0.25, -0.2) is 4.98 Å². The second kappa shape index (κ2) is 9.74. The molecule has 1 N–H and O–H groups in total. The number of aromatic nitrogens is 1. The predicted octanol–water partition coefficient (Wildman–Crippen LogP) is 5.93. The van der Waals surface area contributed by atoms with Crippen molar-refractivity contribution in [3.05, 3.63) is 83.9 Å². The van der Waals surface area contributed by atoms with Crippen LogP contribution in [0.5, 0.6) is 0 Å². The van der Waals surface area contributed by atoms with Gasteiger partial charge in [0.2, 0.25) is 11.8 Å². The molecule has 1 aromatic heterocycles. The molecule has 178 valence electrons. The standard InChI is InChI=1S/C29H29N3O3/c1-19-8-11-24(12-9-19)30-27(33)20(2)21-14-16-32(17-15-21)29(34)23-10-13-26-25(18-23)31-28(35-26)22-6-4-3-5-7-22/h3-13,18,20-21H,14-17H2,1-2H3,(H,30,33)/t20-/m1/s1. The third-order valence-corrected chi connectivity index (χ3v) is 6.92. The highest BCUT2D eigenvalue weighted by atomic mass is 16.3. The number of aryl methyl sites for hydroxylation is 1. The summed E-state index contributed by atoms with van der Waals surface area (Å²) in [6.45, 7) is 5.28. The average Bonchev–Trinajstić information content (AvgIpc) is 3.33. The Labute approximate surface area is 205 Å². The lowest BCUT2D eigenvalue weighted by Crippen LogP contribution is -2.41. The molecule has 0 saturated carbocycles. The topological polar surface area (TPSA) is 75.4 Å². The molecule has 5 rings (SSSR count). The first kappa shape index (κ1) is 22.8. The molecule has 35 heavy (non-hydrogen) atoms. The van der Waals surface area contributed by atoms with Gasteiger partial charge >= 0.3 is 0 Å². The van der Waals surface area contributed by atoms with E-state index in [1.807, 2.05) is 79.4 Å².